The molecule has 4 heterocycles. The maximum absolute atomic E-state index is 13.6. The average Bonchev–Trinajstić information content (AvgIpc) is 3.57. The molecule has 0 saturated heterocycles. The van der Waals surface area contributed by atoms with Crippen molar-refractivity contribution in [3.63, 3.8) is 0 Å². The third-order valence-corrected chi connectivity index (χ3v) is 5.47. The molecular formula is C24H18N6O5. The van der Waals surface area contributed by atoms with Crippen LogP contribution >= 0.6 is 0 Å². The van der Waals surface area contributed by atoms with Gasteiger partial charge in [-0.2, -0.15) is 5.10 Å². The van der Waals surface area contributed by atoms with Crippen molar-refractivity contribution >= 4 is 5.69 Å². The highest BCUT2D eigenvalue weighted by Gasteiger charge is 2.30. The molecule has 174 valence electrons. The first kappa shape index (κ1) is 21.8. The monoisotopic (exact) mass is 470 g/mol. The quantitative estimate of drug-likeness (QED) is 0.264. The normalized spacial score (nSPS) is 11.0. The predicted octanol–water partition coefficient (Wildman–Crippen LogP) is 2.86. The number of nitrogens with zero attached hydrogens (tertiary/aromatic N) is 6. The molecule has 4 aromatic heterocycles. The fraction of sp³-hybridized carbons (Fsp3) is 0.0833. The predicted molar refractivity (Wildman–Crippen MR) is 125 cm³/mol. The molecule has 0 amide bonds. The van der Waals surface area contributed by atoms with Gasteiger partial charge in [0.25, 0.3) is 0 Å². The van der Waals surface area contributed by atoms with Crippen molar-refractivity contribution < 1.29 is 9.34 Å². The molecule has 0 aliphatic heterocycles. The maximum Gasteiger partial charge on any atom is 0.358 e. The Morgan fingerprint density at radius 1 is 0.943 bits per heavy atom. The van der Waals surface area contributed by atoms with Crippen molar-refractivity contribution in [1.82, 2.24) is 23.9 Å². The van der Waals surface area contributed by atoms with Crippen LogP contribution in [0.15, 0.2) is 99.9 Å². The van der Waals surface area contributed by atoms with E-state index in [4.69, 9.17) is 4.42 Å². The first-order valence-electron chi connectivity index (χ1n) is 10.6. The topological polar surface area (TPSA) is 131 Å². The van der Waals surface area contributed by atoms with Crippen LogP contribution in [0.2, 0.25) is 0 Å². The molecule has 0 N–H and O–H groups in total. The summed E-state index contributed by atoms with van der Waals surface area (Å²) >= 11 is 0. The Morgan fingerprint density at radius 2 is 1.69 bits per heavy atom. The highest BCUT2D eigenvalue weighted by Crippen LogP contribution is 2.27. The van der Waals surface area contributed by atoms with Crippen molar-refractivity contribution in [2.24, 2.45) is 0 Å². The number of para-hydroxylation sites is 1. The minimum Gasteiger partial charge on any atom is -0.472 e. The van der Waals surface area contributed by atoms with Gasteiger partial charge in [-0.1, -0.05) is 18.2 Å². The highest BCUT2D eigenvalue weighted by atomic mass is 16.6. The molecule has 0 fully saturated rings. The van der Waals surface area contributed by atoms with Gasteiger partial charge in [0.2, 0.25) is 0 Å². The Kier molecular flexibility index (Phi) is 5.63. The van der Waals surface area contributed by atoms with Crippen LogP contribution in [0.5, 0.6) is 0 Å². The summed E-state index contributed by atoms with van der Waals surface area (Å²) in [5.41, 5.74) is -0.338. The van der Waals surface area contributed by atoms with Crippen molar-refractivity contribution in [2.75, 3.05) is 0 Å². The number of furan rings is 1. The van der Waals surface area contributed by atoms with Crippen molar-refractivity contribution in [3.05, 3.63) is 128 Å². The van der Waals surface area contributed by atoms with Gasteiger partial charge in [0.05, 0.1) is 42.4 Å². The minimum absolute atomic E-state index is 0.0142. The number of aromatic nitrogens is 5. The lowest BCUT2D eigenvalue weighted by molar-refractivity contribution is -0.386. The van der Waals surface area contributed by atoms with Gasteiger partial charge in [0.15, 0.2) is 0 Å². The summed E-state index contributed by atoms with van der Waals surface area (Å²) in [4.78, 5) is 42.3. The van der Waals surface area contributed by atoms with Crippen LogP contribution in [0.4, 0.5) is 5.69 Å². The molecule has 5 aromatic rings. The van der Waals surface area contributed by atoms with Gasteiger partial charge in [0, 0.05) is 29.7 Å². The number of hydrogen-bond donors (Lipinski definition) is 0. The molecular weight excluding hydrogens is 452 g/mol. The first-order valence-corrected chi connectivity index (χ1v) is 10.6. The second-order valence-electron chi connectivity index (χ2n) is 7.71. The zero-order chi connectivity index (χ0) is 24.4. The highest BCUT2D eigenvalue weighted by molar-refractivity contribution is 5.68. The second-order valence-corrected chi connectivity index (χ2v) is 7.71. The second kappa shape index (κ2) is 9.06. The lowest BCUT2D eigenvalue weighted by Crippen LogP contribution is -2.42. The van der Waals surface area contributed by atoms with Gasteiger partial charge in [-0.05, 0) is 35.9 Å². The maximum atomic E-state index is 13.6. The van der Waals surface area contributed by atoms with Crippen LogP contribution in [0.3, 0.4) is 0 Å². The Morgan fingerprint density at radius 3 is 2.37 bits per heavy atom. The third kappa shape index (κ3) is 4.17. The van der Waals surface area contributed by atoms with E-state index in [1.54, 1.807) is 36.8 Å². The Bertz CT molecular complexity index is 1600. The van der Waals surface area contributed by atoms with Gasteiger partial charge in [-0.15, -0.1) is 0 Å². The molecule has 5 rings (SSSR count). The van der Waals surface area contributed by atoms with Gasteiger partial charge in [-0.3, -0.25) is 24.5 Å². The standard InChI is InChI=1S/C24H18N6O5/c31-23-22(30(33)34)21(19-12-26-29(15-19)20-4-2-1-3-5-20)27(13-17-6-9-25-10-7-17)24(32)28(23)14-18-8-11-35-16-18/h1-12,15-16H,13-14H2. The van der Waals surface area contributed by atoms with E-state index in [0.29, 0.717) is 11.1 Å². The SMILES string of the molecule is O=c1c([N+](=O)[O-])c(-c2cnn(-c3ccccc3)c2)n(Cc2ccncc2)c(=O)n1Cc1ccoc1. The molecule has 0 unspecified atom stereocenters. The van der Waals surface area contributed by atoms with E-state index in [2.05, 4.69) is 10.1 Å². The fourth-order valence-electron chi connectivity index (χ4n) is 3.83. The van der Waals surface area contributed by atoms with E-state index in [-0.39, 0.29) is 24.3 Å². The molecule has 0 bridgehead atoms. The van der Waals surface area contributed by atoms with Crippen LogP contribution in [-0.2, 0) is 13.1 Å². The number of benzene rings is 1. The van der Waals surface area contributed by atoms with Gasteiger partial charge >= 0.3 is 16.9 Å². The molecule has 0 radical (unpaired) electrons. The van der Waals surface area contributed by atoms with E-state index >= 15 is 0 Å². The summed E-state index contributed by atoms with van der Waals surface area (Å²) < 4.78 is 8.62. The average molecular weight is 470 g/mol. The van der Waals surface area contributed by atoms with Gasteiger partial charge in [-0.25, -0.2) is 14.0 Å². The summed E-state index contributed by atoms with van der Waals surface area (Å²) in [5, 5.41) is 16.5. The molecule has 0 aliphatic carbocycles. The van der Waals surface area contributed by atoms with E-state index < -0.39 is 21.9 Å². The largest absolute Gasteiger partial charge is 0.472 e. The zero-order valence-electron chi connectivity index (χ0n) is 18.2. The van der Waals surface area contributed by atoms with E-state index in [1.165, 1.54) is 28.0 Å². The lowest BCUT2D eigenvalue weighted by Gasteiger charge is -2.15. The van der Waals surface area contributed by atoms with Crippen LogP contribution in [-0.4, -0.2) is 28.8 Å². The molecule has 0 aliphatic rings. The van der Waals surface area contributed by atoms with Crippen LogP contribution in [0, 0.1) is 10.1 Å². The van der Waals surface area contributed by atoms with E-state index in [1.807, 2.05) is 30.3 Å². The van der Waals surface area contributed by atoms with Crippen LogP contribution < -0.4 is 11.2 Å². The van der Waals surface area contributed by atoms with Crippen molar-refractivity contribution in [1.29, 1.82) is 0 Å². The van der Waals surface area contributed by atoms with Crippen molar-refractivity contribution in [3.8, 4) is 16.9 Å². The molecule has 0 spiro atoms. The molecule has 0 atom stereocenters. The molecule has 1 aromatic carbocycles. The molecule has 11 nitrogen and oxygen atoms in total. The van der Waals surface area contributed by atoms with Crippen molar-refractivity contribution in [2.45, 2.75) is 13.1 Å². The van der Waals surface area contributed by atoms with Gasteiger partial charge < -0.3 is 4.42 Å². The summed E-state index contributed by atoms with van der Waals surface area (Å²) in [7, 11) is 0. The molecule has 35 heavy (non-hydrogen) atoms. The lowest BCUT2D eigenvalue weighted by atomic mass is 10.1. The Hall–Kier alpha value is -5.06. The zero-order valence-corrected chi connectivity index (χ0v) is 18.2. The van der Waals surface area contributed by atoms with E-state index in [9.17, 15) is 19.7 Å². The summed E-state index contributed by atoms with van der Waals surface area (Å²) in [6.45, 7) is -0.186. The Labute approximate surface area is 197 Å². The third-order valence-electron chi connectivity index (χ3n) is 5.47. The van der Waals surface area contributed by atoms with Gasteiger partial charge in [0.1, 0.15) is 5.69 Å². The molecule has 0 saturated carbocycles. The number of hydrogen-bond acceptors (Lipinski definition) is 7. The minimum atomic E-state index is -1.00. The van der Waals surface area contributed by atoms with Crippen LogP contribution in [0.1, 0.15) is 11.1 Å². The van der Waals surface area contributed by atoms with Crippen LogP contribution in [0.25, 0.3) is 16.9 Å². The molecule has 11 heteroatoms. The number of pyridine rings is 1. The first-order chi connectivity index (χ1) is 17.0. The summed E-state index contributed by atoms with van der Waals surface area (Å²) in [5.74, 6) is 0. The number of rotatable bonds is 7. The smallest absolute Gasteiger partial charge is 0.358 e. The number of nitro groups is 1. The van der Waals surface area contributed by atoms with E-state index in [0.717, 1.165) is 10.3 Å². The fourth-order valence-corrected chi connectivity index (χ4v) is 3.83. The summed E-state index contributed by atoms with van der Waals surface area (Å²) in [6, 6.07) is 14.1. The Balaban J connectivity index is 1.76. The summed E-state index contributed by atoms with van der Waals surface area (Å²) in [6.07, 6.45) is 8.85.